The minimum atomic E-state index is -0.986. The number of benzene rings is 2. The molecule has 4 nitrogen and oxygen atoms in total. The van der Waals surface area contributed by atoms with Gasteiger partial charge in [0.1, 0.15) is 0 Å². The van der Waals surface area contributed by atoms with Crippen LogP contribution in [-0.2, 0) is 0 Å². The molecular weight excluding hydrogens is 402 g/mol. The van der Waals surface area contributed by atoms with Gasteiger partial charge in [-0.25, -0.2) is 4.79 Å². The van der Waals surface area contributed by atoms with Crippen LogP contribution in [0, 0.1) is 6.92 Å². The second-order valence-corrected chi connectivity index (χ2v) is 6.18. The molecule has 0 aliphatic carbocycles. The summed E-state index contributed by atoms with van der Waals surface area (Å²) in [6.45, 7) is 1.69. The van der Waals surface area contributed by atoms with E-state index in [2.05, 4.69) is 37.2 Å². The Bertz CT molecular complexity index is 729. The number of carbonyl (C=O) groups is 2. The standard InChI is InChI=1S/C15H11Br2NO3/c1-8-6-10(3-4-11(8)15(20)21)18-14(19)12-7-9(16)2-5-13(12)17/h2-7H,1H3,(H,18,19)(H,20,21). The normalized spacial score (nSPS) is 10.2. The summed E-state index contributed by atoms with van der Waals surface area (Å²) in [5, 5.41) is 11.7. The first-order valence-corrected chi connectivity index (χ1v) is 7.57. The number of rotatable bonds is 3. The molecule has 2 aromatic carbocycles. The average molecular weight is 413 g/mol. The molecule has 0 aliphatic heterocycles. The van der Waals surface area contributed by atoms with Gasteiger partial charge in [-0.05, 0) is 64.8 Å². The van der Waals surface area contributed by atoms with Crippen LogP contribution in [0.4, 0.5) is 5.69 Å². The molecule has 0 aliphatic rings. The van der Waals surface area contributed by atoms with Crippen LogP contribution in [0.5, 0.6) is 0 Å². The summed E-state index contributed by atoms with van der Waals surface area (Å²) in [5.41, 5.74) is 1.85. The van der Waals surface area contributed by atoms with Crippen molar-refractivity contribution in [3.8, 4) is 0 Å². The van der Waals surface area contributed by atoms with Crippen molar-refractivity contribution in [2.24, 2.45) is 0 Å². The van der Waals surface area contributed by atoms with Crippen LogP contribution in [-0.4, -0.2) is 17.0 Å². The molecule has 0 bridgehead atoms. The Morgan fingerprint density at radius 2 is 1.76 bits per heavy atom. The number of carboxylic acids is 1. The van der Waals surface area contributed by atoms with Crippen LogP contribution in [0.25, 0.3) is 0 Å². The third-order valence-electron chi connectivity index (χ3n) is 2.89. The van der Waals surface area contributed by atoms with Crippen molar-refractivity contribution in [1.82, 2.24) is 0 Å². The number of aryl methyl sites for hydroxylation is 1. The van der Waals surface area contributed by atoms with Gasteiger partial charge < -0.3 is 10.4 Å². The zero-order chi connectivity index (χ0) is 15.6. The molecule has 0 heterocycles. The van der Waals surface area contributed by atoms with Crippen LogP contribution >= 0.6 is 31.9 Å². The van der Waals surface area contributed by atoms with Crippen molar-refractivity contribution in [3.05, 3.63) is 62.0 Å². The van der Waals surface area contributed by atoms with E-state index in [4.69, 9.17) is 5.11 Å². The molecule has 0 spiro atoms. The Balaban J connectivity index is 2.26. The number of carbonyl (C=O) groups excluding carboxylic acids is 1. The number of nitrogens with one attached hydrogen (secondary N) is 1. The van der Waals surface area contributed by atoms with Crippen LogP contribution < -0.4 is 5.32 Å². The molecule has 0 atom stereocenters. The van der Waals surface area contributed by atoms with Crippen LogP contribution in [0.2, 0.25) is 0 Å². The molecular formula is C15H11Br2NO3. The number of halogens is 2. The van der Waals surface area contributed by atoms with E-state index in [9.17, 15) is 9.59 Å². The molecule has 108 valence electrons. The van der Waals surface area contributed by atoms with Crippen molar-refractivity contribution < 1.29 is 14.7 Å². The second-order valence-electron chi connectivity index (χ2n) is 4.41. The van der Waals surface area contributed by atoms with Crippen molar-refractivity contribution in [1.29, 1.82) is 0 Å². The fourth-order valence-corrected chi connectivity index (χ4v) is 2.64. The van der Waals surface area contributed by atoms with Gasteiger partial charge in [0.25, 0.3) is 5.91 Å². The van der Waals surface area contributed by atoms with E-state index < -0.39 is 5.97 Å². The van der Waals surface area contributed by atoms with E-state index in [-0.39, 0.29) is 11.5 Å². The first kappa shape index (κ1) is 15.7. The number of carboxylic acid groups (broad SMARTS) is 1. The minimum Gasteiger partial charge on any atom is -0.478 e. The molecule has 0 fully saturated rings. The Kier molecular flexibility index (Phi) is 4.80. The van der Waals surface area contributed by atoms with E-state index in [0.29, 0.717) is 21.3 Å². The largest absolute Gasteiger partial charge is 0.478 e. The van der Waals surface area contributed by atoms with E-state index in [1.807, 2.05) is 6.07 Å². The average Bonchev–Trinajstić information content (AvgIpc) is 2.41. The highest BCUT2D eigenvalue weighted by Crippen LogP contribution is 2.23. The summed E-state index contributed by atoms with van der Waals surface area (Å²) in [4.78, 5) is 23.2. The third kappa shape index (κ3) is 3.71. The van der Waals surface area contributed by atoms with Gasteiger partial charge in [0.15, 0.2) is 0 Å². The first-order chi connectivity index (χ1) is 9.88. The summed E-state index contributed by atoms with van der Waals surface area (Å²) < 4.78 is 1.48. The SMILES string of the molecule is Cc1cc(NC(=O)c2cc(Br)ccc2Br)ccc1C(=O)O. The lowest BCUT2D eigenvalue weighted by atomic mass is 10.1. The second kappa shape index (κ2) is 6.41. The van der Waals surface area contributed by atoms with Crippen LogP contribution in [0.15, 0.2) is 45.3 Å². The van der Waals surface area contributed by atoms with Crippen LogP contribution in [0.1, 0.15) is 26.3 Å². The van der Waals surface area contributed by atoms with Gasteiger partial charge in [0.05, 0.1) is 11.1 Å². The summed E-state index contributed by atoms with van der Waals surface area (Å²) in [7, 11) is 0. The Morgan fingerprint density at radius 1 is 1.05 bits per heavy atom. The maximum absolute atomic E-state index is 12.2. The maximum Gasteiger partial charge on any atom is 0.335 e. The fraction of sp³-hybridized carbons (Fsp3) is 0.0667. The Labute approximate surface area is 138 Å². The highest BCUT2D eigenvalue weighted by Gasteiger charge is 2.12. The van der Waals surface area contributed by atoms with E-state index in [0.717, 1.165) is 4.47 Å². The highest BCUT2D eigenvalue weighted by molar-refractivity contribution is 9.11. The molecule has 6 heteroatoms. The number of anilines is 1. The van der Waals surface area contributed by atoms with Crippen molar-refractivity contribution in [2.75, 3.05) is 5.32 Å². The third-order valence-corrected chi connectivity index (χ3v) is 4.07. The fourth-order valence-electron chi connectivity index (χ4n) is 1.85. The first-order valence-electron chi connectivity index (χ1n) is 5.99. The van der Waals surface area contributed by atoms with Crippen molar-refractivity contribution in [3.63, 3.8) is 0 Å². The van der Waals surface area contributed by atoms with E-state index >= 15 is 0 Å². The lowest BCUT2D eigenvalue weighted by Crippen LogP contribution is -2.13. The number of hydrogen-bond donors (Lipinski definition) is 2. The molecule has 0 saturated heterocycles. The van der Waals surface area contributed by atoms with E-state index in [1.54, 1.807) is 31.2 Å². The molecule has 0 unspecified atom stereocenters. The predicted octanol–water partition coefficient (Wildman–Crippen LogP) is 4.47. The summed E-state index contributed by atoms with van der Waals surface area (Å²) >= 11 is 6.65. The molecule has 2 aromatic rings. The van der Waals surface area contributed by atoms with E-state index in [1.165, 1.54) is 6.07 Å². The molecule has 0 radical (unpaired) electrons. The maximum atomic E-state index is 12.2. The molecule has 0 saturated carbocycles. The molecule has 2 rings (SSSR count). The van der Waals surface area contributed by atoms with Gasteiger partial charge in [0.2, 0.25) is 0 Å². The summed E-state index contributed by atoms with van der Waals surface area (Å²) in [5.74, 6) is -1.26. The van der Waals surface area contributed by atoms with Gasteiger partial charge in [-0.3, -0.25) is 4.79 Å². The topological polar surface area (TPSA) is 66.4 Å². The number of amides is 1. The van der Waals surface area contributed by atoms with Crippen molar-refractivity contribution >= 4 is 49.4 Å². The van der Waals surface area contributed by atoms with Gasteiger partial charge in [-0.1, -0.05) is 15.9 Å². The van der Waals surface area contributed by atoms with Gasteiger partial charge in [-0.2, -0.15) is 0 Å². The smallest absolute Gasteiger partial charge is 0.335 e. The predicted molar refractivity (Wildman–Crippen MR) is 87.9 cm³/mol. The number of hydrogen-bond acceptors (Lipinski definition) is 2. The Hall–Kier alpha value is -1.66. The molecule has 21 heavy (non-hydrogen) atoms. The van der Waals surface area contributed by atoms with Gasteiger partial charge in [-0.15, -0.1) is 0 Å². The zero-order valence-electron chi connectivity index (χ0n) is 11.0. The summed E-state index contributed by atoms with van der Waals surface area (Å²) in [6, 6.07) is 9.99. The quantitative estimate of drug-likeness (QED) is 0.781. The lowest BCUT2D eigenvalue weighted by molar-refractivity contribution is 0.0696. The monoisotopic (exact) mass is 411 g/mol. The molecule has 0 aromatic heterocycles. The Morgan fingerprint density at radius 3 is 2.38 bits per heavy atom. The van der Waals surface area contributed by atoms with Gasteiger partial charge in [0, 0.05) is 14.6 Å². The van der Waals surface area contributed by atoms with Crippen molar-refractivity contribution in [2.45, 2.75) is 6.92 Å². The minimum absolute atomic E-state index is 0.219. The van der Waals surface area contributed by atoms with Crippen LogP contribution in [0.3, 0.4) is 0 Å². The summed E-state index contributed by atoms with van der Waals surface area (Å²) in [6.07, 6.45) is 0. The lowest BCUT2D eigenvalue weighted by Gasteiger charge is -2.09. The molecule has 1 amide bonds. The molecule has 2 N–H and O–H groups in total. The number of aromatic carboxylic acids is 1. The highest BCUT2D eigenvalue weighted by atomic mass is 79.9. The zero-order valence-corrected chi connectivity index (χ0v) is 14.2. The van der Waals surface area contributed by atoms with Gasteiger partial charge >= 0.3 is 5.97 Å².